The SMILES string of the molecule is Cc1ccc(-c2ncc(C#N)cn2)cc1. The van der Waals surface area contributed by atoms with Gasteiger partial charge in [0.2, 0.25) is 0 Å². The number of hydrogen-bond acceptors (Lipinski definition) is 3. The average molecular weight is 195 g/mol. The summed E-state index contributed by atoms with van der Waals surface area (Å²) in [5.41, 5.74) is 2.64. The zero-order chi connectivity index (χ0) is 10.7. The molecule has 15 heavy (non-hydrogen) atoms. The largest absolute Gasteiger partial charge is 0.235 e. The van der Waals surface area contributed by atoms with E-state index in [0.29, 0.717) is 11.4 Å². The quantitative estimate of drug-likeness (QED) is 0.701. The predicted octanol–water partition coefficient (Wildman–Crippen LogP) is 2.32. The van der Waals surface area contributed by atoms with Crippen molar-refractivity contribution in [3.8, 4) is 17.5 Å². The van der Waals surface area contributed by atoms with Crippen molar-refractivity contribution in [1.29, 1.82) is 5.26 Å². The fourth-order valence-electron chi connectivity index (χ4n) is 1.24. The second kappa shape index (κ2) is 3.89. The highest BCUT2D eigenvalue weighted by atomic mass is 14.9. The first-order chi connectivity index (χ1) is 7.29. The molecule has 0 saturated heterocycles. The Labute approximate surface area is 88.1 Å². The number of rotatable bonds is 1. The van der Waals surface area contributed by atoms with Crippen molar-refractivity contribution >= 4 is 0 Å². The van der Waals surface area contributed by atoms with Crippen LogP contribution in [0.15, 0.2) is 36.7 Å². The van der Waals surface area contributed by atoms with Gasteiger partial charge in [0.15, 0.2) is 5.82 Å². The van der Waals surface area contributed by atoms with Gasteiger partial charge < -0.3 is 0 Å². The van der Waals surface area contributed by atoms with Crippen LogP contribution < -0.4 is 0 Å². The van der Waals surface area contributed by atoms with Crippen molar-refractivity contribution in [2.75, 3.05) is 0 Å². The highest BCUT2D eigenvalue weighted by Gasteiger charge is 2.00. The van der Waals surface area contributed by atoms with Crippen molar-refractivity contribution in [2.45, 2.75) is 6.92 Å². The molecule has 0 atom stereocenters. The van der Waals surface area contributed by atoms with Crippen LogP contribution in [0.5, 0.6) is 0 Å². The van der Waals surface area contributed by atoms with Gasteiger partial charge in [0.25, 0.3) is 0 Å². The summed E-state index contributed by atoms with van der Waals surface area (Å²) in [7, 11) is 0. The van der Waals surface area contributed by atoms with Crippen LogP contribution in [0.4, 0.5) is 0 Å². The molecule has 0 unspecified atom stereocenters. The number of nitriles is 1. The normalized spacial score (nSPS) is 9.60. The number of aromatic nitrogens is 2. The molecule has 2 aromatic rings. The van der Waals surface area contributed by atoms with E-state index in [0.717, 1.165) is 5.56 Å². The lowest BCUT2D eigenvalue weighted by atomic mass is 10.1. The molecular weight excluding hydrogens is 186 g/mol. The molecule has 1 heterocycles. The van der Waals surface area contributed by atoms with Gasteiger partial charge in [0, 0.05) is 18.0 Å². The van der Waals surface area contributed by atoms with E-state index in [-0.39, 0.29) is 0 Å². The highest BCUT2D eigenvalue weighted by molar-refractivity contribution is 5.55. The van der Waals surface area contributed by atoms with Crippen molar-refractivity contribution in [3.05, 3.63) is 47.8 Å². The van der Waals surface area contributed by atoms with Crippen LogP contribution in [-0.4, -0.2) is 9.97 Å². The number of aryl methyl sites for hydroxylation is 1. The fourth-order valence-corrected chi connectivity index (χ4v) is 1.24. The van der Waals surface area contributed by atoms with Gasteiger partial charge in [-0.2, -0.15) is 5.26 Å². The Kier molecular flexibility index (Phi) is 2.42. The summed E-state index contributed by atoms with van der Waals surface area (Å²) < 4.78 is 0. The molecule has 0 amide bonds. The van der Waals surface area contributed by atoms with Crippen molar-refractivity contribution in [1.82, 2.24) is 9.97 Å². The summed E-state index contributed by atoms with van der Waals surface area (Å²) >= 11 is 0. The smallest absolute Gasteiger partial charge is 0.159 e. The summed E-state index contributed by atoms with van der Waals surface area (Å²) in [6, 6.07) is 9.95. The molecule has 0 spiro atoms. The van der Waals surface area contributed by atoms with Gasteiger partial charge in [-0.1, -0.05) is 29.8 Å². The molecule has 1 aromatic heterocycles. The van der Waals surface area contributed by atoms with Crippen molar-refractivity contribution < 1.29 is 0 Å². The van der Waals surface area contributed by atoms with Crippen molar-refractivity contribution in [2.24, 2.45) is 0 Å². The molecule has 0 radical (unpaired) electrons. The Morgan fingerprint density at radius 3 is 2.20 bits per heavy atom. The lowest BCUT2D eigenvalue weighted by molar-refractivity contribution is 1.16. The topological polar surface area (TPSA) is 49.6 Å². The van der Waals surface area contributed by atoms with Crippen LogP contribution in [-0.2, 0) is 0 Å². The zero-order valence-corrected chi connectivity index (χ0v) is 8.31. The van der Waals surface area contributed by atoms with E-state index in [1.165, 1.54) is 18.0 Å². The van der Waals surface area contributed by atoms with E-state index in [1.54, 1.807) is 0 Å². The highest BCUT2D eigenvalue weighted by Crippen LogP contribution is 2.14. The summed E-state index contributed by atoms with van der Waals surface area (Å²) in [6.07, 6.45) is 3.06. The third kappa shape index (κ3) is 2.00. The minimum absolute atomic E-state index is 0.478. The third-order valence-electron chi connectivity index (χ3n) is 2.09. The molecule has 0 aliphatic heterocycles. The predicted molar refractivity (Wildman–Crippen MR) is 56.9 cm³/mol. The molecule has 0 aliphatic carbocycles. The molecular formula is C12H9N3. The molecule has 0 aliphatic rings. The monoisotopic (exact) mass is 195 g/mol. The summed E-state index contributed by atoms with van der Waals surface area (Å²) in [4.78, 5) is 8.23. The van der Waals surface area contributed by atoms with Crippen LogP contribution >= 0.6 is 0 Å². The Bertz CT molecular complexity index is 492. The first kappa shape index (κ1) is 9.35. The van der Waals surface area contributed by atoms with E-state index in [9.17, 15) is 0 Å². The van der Waals surface area contributed by atoms with Crippen LogP contribution in [0.25, 0.3) is 11.4 Å². The van der Waals surface area contributed by atoms with Gasteiger partial charge in [-0.25, -0.2) is 9.97 Å². The first-order valence-electron chi connectivity index (χ1n) is 4.59. The minimum Gasteiger partial charge on any atom is -0.235 e. The fraction of sp³-hybridized carbons (Fsp3) is 0.0833. The molecule has 3 heteroatoms. The second-order valence-corrected chi connectivity index (χ2v) is 3.27. The standard InChI is InChI=1S/C12H9N3/c1-9-2-4-11(5-3-9)12-14-7-10(6-13)8-15-12/h2-5,7-8H,1H3. The van der Waals surface area contributed by atoms with Crippen LogP contribution in [0, 0.1) is 18.3 Å². The van der Waals surface area contributed by atoms with Gasteiger partial charge in [0.05, 0.1) is 5.56 Å². The van der Waals surface area contributed by atoms with Crippen LogP contribution in [0.2, 0.25) is 0 Å². The van der Waals surface area contributed by atoms with Gasteiger partial charge in [-0.3, -0.25) is 0 Å². The Hall–Kier alpha value is -2.21. The van der Waals surface area contributed by atoms with Crippen LogP contribution in [0.3, 0.4) is 0 Å². The molecule has 72 valence electrons. The van der Waals surface area contributed by atoms with Crippen LogP contribution in [0.1, 0.15) is 11.1 Å². The molecule has 0 fully saturated rings. The van der Waals surface area contributed by atoms with E-state index in [1.807, 2.05) is 37.3 Å². The average Bonchev–Trinajstić information content (AvgIpc) is 2.30. The number of benzene rings is 1. The third-order valence-corrected chi connectivity index (χ3v) is 2.09. The molecule has 0 N–H and O–H groups in total. The zero-order valence-electron chi connectivity index (χ0n) is 8.31. The molecule has 1 aromatic carbocycles. The van der Waals surface area contributed by atoms with E-state index in [4.69, 9.17) is 5.26 Å². The second-order valence-electron chi connectivity index (χ2n) is 3.27. The van der Waals surface area contributed by atoms with E-state index < -0.39 is 0 Å². The van der Waals surface area contributed by atoms with Gasteiger partial charge in [-0.15, -0.1) is 0 Å². The maximum absolute atomic E-state index is 8.61. The summed E-state index contributed by atoms with van der Waals surface area (Å²) in [5.74, 6) is 0.647. The molecule has 3 nitrogen and oxygen atoms in total. The van der Waals surface area contributed by atoms with Gasteiger partial charge >= 0.3 is 0 Å². The maximum atomic E-state index is 8.61. The van der Waals surface area contributed by atoms with E-state index >= 15 is 0 Å². The first-order valence-corrected chi connectivity index (χ1v) is 4.59. The summed E-state index contributed by atoms with van der Waals surface area (Å²) in [6.45, 7) is 2.03. The Balaban J connectivity index is 2.38. The summed E-state index contributed by atoms with van der Waals surface area (Å²) in [5, 5.41) is 8.61. The van der Waals surface area contributed by atoms with Gasteiger partial charge in [0.1, 0.15) is 6.07 Å². The van der Waals surface area contributed by atoms with E-state index in [2.05, 4.69) is 9.97 Å². The minimum atomic E-state index is 0.478. The Morgan fingerprint density at radius 1 is 1.07 bits per heavy atom. The maximum Gasteiger partial charge on any atom is 0.159 e. The number of nitrogens with zero attached hydrogens (tertiary/aromatic N) is 3. The van der Waals surface area contributed by atoms with Gasteiger partial charge in [-0.05, 0) is 6.92 Å². The Morgan fingerprint density at radius 2 is 1.67 bits per heavy atom. The number of hydrogen-bond donors (Lipinski definition) is 0. The lowest BCUT2D eigenvalue weighted by Crippen LogP contribution is -1.89. The molecule has 0 bridgehead atoms. The molecule has 0 saturated carbocycles. The molecule has 2 rings (SSSR count). The van der Waals surface area contributed by atoms with Crippen molar-refractivity contribution in [3.63, 3.8) is 0 Å². The lowest BCUT2D eigenvalue weighted by Gasteiger charge is -1.99.